The molecule has 0 aromatic heterocycles. The van der Waals surface area contributed by atoms with Crippen molar-refractivity contribution in [3.8, 4) is 0 Å². The van der Waals surface area contributed by atoms with Crippen molar-refractivity contribution in [3.05, 3.63) is 0 Å². The van der Waals surface area contributed by atoms with Gasteiger partial charge in [-0.15, -0.1) is 0 Å². The molecule has 0 amide bonds. The Kier molecular flexibility index (Phi) is 27.6. The quantitative estimate of drug-likeness (QED) is 0.173. The molecule has 0 atom stereocenters. The summed E-state index contributed by atoms with van der Waals surface area (Å²) in [7, 11) is 0. The minimum atomic E-state index is -0.651. The van der Waals surface area contributed by atoms with Crippen molar-refractivity contribution in [1.82, 2.24) is 0 Å². The van der Waals surface area contributed by atoms with E-state index in [4.69, 9.17) is 5.11 Å². The maximum atomic E-state index is 10.4. The van der Waals surface area contributed by atoms with Gasteiger partial charge in [0.15, 0.2) is 0 Å². The first kappa shape index (κ1) is 27.9. The summed E-state index contributed by atoms with van der Waals surface area (Å²) in [4.78, 5) is 10.4. The van der Waals surface area contributed by atoms with Crippen LogP contribution in [0, 0.1) is 0 Å². The number of hydrogen-bond acceptors (Lipinski definition) is 1. The number of rotatable bonds is 20. The molecule has 0 fully saturated rings. The van der Waals surface area contributed by atoms with E-state index >= 15 is 0 Å². The smallest absolute Gasteiger partial charge is 1.00 e. The predicted molar refractivity (Wildman–Crippen MR) is 114 cm³/mol. The van der Waals surface area contributed by atoms with Crippen LogP contribution in [0.15, 0.2) is 0 Å². The molecule has 2 nitrogen and oxygen atoms in total. The standard InChI is InChI=1S/C22H44O2.Ca.2H/c1-2-3-4-5-6-7-8-9-10-11-12-13-14-15-16-17-18-19-20-21-22(23)24;;;/h2-21H2,1H3,(H,23,24);;;/q;+2;2*-1. The Bertz CT molecular complexity index is 267. The summed E-state index contributed by atoms with van der Waals surface area (Å²) in [5.74, 6) is -0.651. The van der Waals surface area contributed by atoms with Crippen LogP contribution >= 0.6 is 0 Å². The molecule has 0 saturated heterocycles. The van der Waals surface area contributed by atoms with Gasteiger partial charge in [-0.1, -0.05) is 122 Å². The van der Waals surface area contributed by atoms with Gasteiger partial charge in [0, 0.05) is 6.42 Å². The Morgan fingerprint density at radius 1 is 0.560 bits per heavy atom. The van der Waals surface area contributed by atoms with Gasteiger partial charge in [-0.05, 0) is 6.42 Å². The van der Waals surface area contributed by atoms with Crippen molar-refractivity contribution < 1.29 is 12.8 Å². The maximum absolute atomic E-state index is 10.4. The summed E-state index contributed by atoms with van der Waals surface area (Å²) >= 11 is 0. The fourth-order valence-corrected chi connectivity index (χ4v) is 3.35. The minimum Gasteiger partial charge on any atom is -1.00 e. The monoisotopic (exact) mass is 382 g/mol. The van der Waals surface area contributed by atoms with Crippen molar-refractivity contribution in [2.24, 2.45) is 0 Å². The van der Waals surface area contributed by atoms with E-state index in [1.54, 1.807) is 0 Å². The second-order valence-electron chi connectivity index (χ2n) is 7.51. The molecule has 3 heteroatoms. The number of carboxylic acids is 1. The van der Waals surface area contributed by atoms with Gasteiger partial charge >= 0.3 is 43.7 Å². The molecular formula is C22H46CaO2. The summed E-state index contributed by atoms with van der Waals surface area (Å²) in [6.45, 7) is 2.28. The molecule has 0 aliphatic heterocycles. The Morgan fingerprint density at radius 2 is 0.800 bits per heavy atom. The number of carbonyl (C=O) groups is 1. The number of carboxylic acid groups (broad SMARTS) is 1. The van der Waals surface area contributed by atoms with E-state index in [1.165, 1.54) is 109 Å². The van der Waals surface area contributed by atoms with Gasteiger partial charge in [0.25, 0.3) is 0 Å². The van der Waals surface area contributed by atoms with Gasteiger partial charge in [0.1, 0.15) is 0 Å². The van der Waals surface area contributed by atoms with Crippen LogP contribution in [-0.2, 0) is 4.79 Å². The van der Waals surface area contributed by atoms with E-state index in [1.807, 2.05) is 0 Å². The Morgan fingerprint density at radius 3 is 1.04 bits per heavy atom. The van der Waals surface area contributed by atoms with Crippen molar-refractivity contribution in [1.29, 1.82) is 0 Å². The third-order valence-corrected chi connectivity index (χ3v) is 4.99. The van der Waals surface area contributed by atoms with Crippen LogP contribution < -0.4 is 0 Å². The van der Waals surface area contributed by atoms with Gasteiger partial charge < -0.3 is 7.96 Å². The van der Waals surface area contributed by atoms with E-state index < -0.39 is 5.97 Å². The van der Waals surface area contributed by atoms with Crippen LogP contribution in [0.3, 0.4) is 0 Å². The van der Waals surface area contributed by atoms with E-state index in [0.29, 0.717) is 6.42 Å². The van der Waals surface area contributed by atoms with Crippen LogP contribution in [0.2, 0.25) is 0 Å². The summed E-state index contributed by atoms with van der Waals surface area (Å²) in [6.07, 6.45) is 26.1. The minimum absolute atomic E-state index is 0. The van der Waals surface area contributed by atoms with E-state index in [9.17, 15) is 4.79 Å². The zero-order chi connectivity index (χ0) is 17.7. The van der Waals surface area contributed by atoms with Crippen LogP contribution in [0.5, 0.6) is 0 Å². The molecule has 0 radical (unpaired) electrons. The first-order chi connectivity index (χ1) is 11.8. The molecule has 0 rings (SSSR count). The molecule has 0 spiro atoms. The van der Waals surface area contributed by atoms with Crippen LogP contribution in [0.1, 0.15) is 138 Å². The molecule has 0 heterocycles. The van der Waals surface area contributed by atoms with E-state index in [2.05, 4.69) is 6.92 Å². The second kappa shape index (κ2) is 24.7. The average molecular weight is 383 g/mol. The summed E-state index contributed by atoms with van der Waals surface area (Å²) < 4.78 is 0. The van der Waals surface area contributed by atoms with Crippen molar-refractivity contribution in [3.63, 3.8) is 0 Å². The fraction of sp³-hybridized carbons (Fsp3) is 0.955. The van der Waals surface area contributed by atoms with E-state index in [0.717, 1.165) is 12.8 Å². The zero-order valence-corrected chi connectivity index (χ0v) is 19.4. The van der Waals surface area contributed by atoms with Crippen molar-refractivity contribution >= 4 is 43.7 Å². The maximum Gasteiger partial charge on any atom is 2.00 e. The SMILES string of the molecule is CCCCCCCCCCCCCCCCCCCCCC(=O)O.[Ca+2].[H-].[H-]. The number of unbranched alkanes of at least 4 members (excludes halogenated alkanes) is 18. The van der Waals surface area contributed by atoms with Crippen LogP contribution in [0.4, 0.5) is 0 Å². The Balaban J connectivity index is -0.000000882. The third-order valence-electron chi connectivity index (χ3n) is 4.99. The van der Waals surface area contributed by atoms with Crippen molar-refractivity contribution in [2.75, 3.05) is 0 Å². The second-order valence-corrected chi connectivity index (χ2v) is 7.51. The van der Waals surface area contributed by atoms with Crippen LogP contribution in [0.25, 0.3) is 0 Å². The molecule has 0 aromatic carbocycles. The number of hydrogen-bond donors (Lipinski definition) is 1. The molecule has 0 aromatic rings. The molecular weight excluding hydrogens is 336 g/mol. The molecule has 25 heavy (non-hydrogen) atoms. The Hall–Kier alpha value is 0.730. The molecule has 0 aliphatic rings. The largest absolute Gasteiger partial charge is 2.00 e. The van der Waals surface area contributed by atoms with Crippen LogP contribution in [-0.4, -0.2) is 48.8 Å². The van der Waals surface area contributed by atoms with Crippen molar-refractivity contribution in [2.45, 2.75) is 135 Å². The molecule has 0 unspecified atom stereocenters. The molecule has 1 N–H and O–H groups in total. The first-order valence-electron chi connectivity index (χ1n) is 11.0. The third kappa shape index (κ3) is 27.1. The Labute approximate surface area is 190 Å². The van der Waals surface area contributed by atoms with Gasteiger partial charge in [0.05, 0.1) is 0 Å². The summed E-state index contributed by atoms with van der Waals surface area (Å²) in [5.41, 5.74) is 0. The van der Waals surface area contributed by atoms with E-state index in [-0.39, 0.29) is 40.6 Å². The molecule has 0 aliphatic carbocycles. The zero-order valence-electron chi connectivity index (χ0n) is 19.2. The van der Waals surface area contributed by atoms with Gasteiger partial charge in [-0.25, -0.2) is 0 Å². The summed E-state index contributed by atoms with van der Waals surface area (Å²) in [6, 6.07) is 0. The summed E-state index contributed by atoms with van der Waals surface area (Å²) in [5, 5.41) is 8.56. The average Bonchev–Trinajstić information content (AvgIpc) is 2.56. The predicted octanol–water partition coefficient (Wildman–Crippen LogP) is 7.74. The molecule has 148 valence electrons. The normalized spacial score (nSPS) is 10.6. The topological polar surface area (TPSA) is 37.3 Å². The molecule has 0 saturated carbocycles. The molecule has 0 bridgehead atoms. The van der Waals surface area contributed by atoms with Gasteiger partial charge in [0.2, 0.25) is 0 Å². The first-order valence-corrected chi connectivity index (χ1v) is 11.0. The van der Waals surface area contributed by atoms with Gasteiger partial charge in [-0.3, -0.25) is 4.79 Å². The fourth-order valence-electron chi connectivity index (χ4n) is 3.35. The van der Waals surface area contributed by atoms with Gasteiger partial charge in [-0.2, -0.15) is 0 Å². The number of aliphatic carboxylic acids is 1.